The Morgan fingerprint density at radius 2 is 1.26 bits per heavy atom. The summed E-state index contributed by atoms with van der Waals surface area (Å²) in [6, 6.07) is 0. The minimum absolute atomic E-state index is 0.00998. The predicted octanol–water partition coefficient (Wildman–Crippen LogP) is -0.0843. The third-order valence-corrected chi connectivity index (χ3v) is 4.24. The van der Waals surface area contributed by atoms with Crippen LogP contribution in [0.15, 0.2) is 0 Å². The fraction of sp³-hybridized carbons (Fsp3) is 1.00. The number of hydrogen-bond acceptors (Lipinski definition) is 8. The van der Waals surface area contributed by atoms with Gasteiger partial charge in [-0.3, -0.25) is 40.5 Å². The molecule has 0 radical (unpaired) electrons. The summed E-state index contributed by atoms with van der Waals surface area (Å²) in [6.07, 6.45) is -1.04. The van der Waals surface area contributed by atoms with Crippen molar-refractivity contribution >= 4 is 0 Å². The van der Waals surface area contributed by atoms with Gasteiger partial charge in [0.2, 0.25) is 5.92 Å². The lowest BCUT2D eigenvalue weighted by Gasteiger charge is -2.19. The zero-order chi connectivity index (χ0) is 14.6. The Labute approximate surface area is 104 Å². The van der Waals surface area contributed by atoms with Crippen molar-refractivity contribution in [3.05, 3.63) is 40.5 Å². The minimum Gasteiger partial charge on any atom is -0.258 e. The monoisotopic (exact) mass is 276 g/mol. The summed E-state index contributed by atoms with van der Waals surface area (Å²) in [5, 5.41) is 44.2. The molecule has 2 rings (SSSR count). The predicted molar refractivity (Wildman–Crippen MR) is 54.3 cm³/mol. The molecule has 104 valence electrons. The van der Waals surface area contributed by atoms with Gasteiger partial charge < -0.3 is 0 Å². The van der Waals surface area contributed by atoms with Crippen LogP contribution < -0.4 is 0 Å². The first-order valence-corrected chi connectivity index (χ1v) is 5.30. The normalized spacial score (nSPS) is 29.9. The fourth-order valence-electron chi connectivity index (χ4n) is 3.50. The van der Waals surface area contributed by atoms with Gasteiger partial charge in [-0.15, -0.1) is 0 Å². The van der Waals surface area contributed by atoms with Crippen LogP contribution in [0.3, 0.4) is 0 Å². The summed E-state index contributed by atoms with van der Waals surface area (Å²) >= 11 is 0. The van der Waals surface area contributed by atoms with Crippen molar-refractivity contribution in [1.29, 1.82) is 0 Å². The van der Waals surface area contributed by atoms with Gasteiger partial charge in [0.25, 0.3) is 0 Å². The van der Waals surface area contributed by atoms with Crippen molar-refractivity contribution < 1.29 is 19.7 Å². The zero-order valence-corrected chi connectivity index (χ0v) is 9.33. The second-order valence-electron chi connectivity index (χ2n) is 4.72. The lowest BCUT2D eigenvalue weighted by molar-refractivity contribution is -0.843. The van der Waals surface area contributed by atoms with Crippen LogP contribution in [0, 0.1) is 52.3 Å². The van der Waals surface area contributed by atoms with Crippen LogP contribution in [0.1, 0.15) is 19.3 Å². The van der Waals surface area contributed by atoms with Gasteiger partial charge >= 0.3 is 11.3 Å². The molecule has 2 unspecified atom stereocenters. The van der Waals surface area contributed by atoms with E-state index in [2.05, 4.69) is 0 Å². The minimum atomic E-state index is -2.83. The van der Waals surface area contributed by atoms with Crippen LogP contribution in [0.4, 0.5) is 0 Å². The van der Waals surface area contributed by atoms with Crippen molar-refractivity contribution in [3.8, 4) is 0 Å². The molecule has 0 aromatic heterocycles. The quantitative estimate of drug-likeness (QED) is 0.389. The Hall–Kier alpha value is -2.40. The second kappa shape index (κ2) is 3.55. The average Bonchev–Trinajstić information content (AvgIpc) is 2.79. The molecule has 12 heteroatoms. The molecular weight excluding hydrogens is 268 g/mol. The summed E-state index contributed by atoms with van der Waals surface area (Å²) in [5.74, 6) is -3.13. The Kier molecular flexibility index (Phi) is 2.44. The van der Waals surface area contributed by atoms with Crippen LogP contribution in [0.25, 0.3) is 0 Å². The number of rotatable bonds is 4. The van der Waals surface area contributed by atoms with Crippen molar-refractivity contribution in [3.63, 3.8) is 0 Å². The number of hydrogen-bond donors (Lipinski definition) is 0. The summed E-state index contributed by atoms with van der Waals surface area (Å²) < 4.78 is 0. The van der Waals surface area contributed by atoms with Crippen LogP contribution in [-0.2, 0) is 0 Å². The van der Waals surface area contributed by atoms with Crippen LogP contribution in [-0.4, -0.2) is 31.0 Å². The molecule has 2 aliphatic carbocycles. The second-order valence-corrected chi connectivity index (χ2v) is 4.72. The summed E-state index contributed by atoms with van der Waals surface area (Å²) in [6.45, 7) is 0. The zero-order valence-electron chi connectivity index (χ0n) is 9.33. The molecule has 19 heavy (non-hydrogen) atoms. The highest BCUT2D eigenvalue weighted by molar-refractivity contribution is 5.07. The molecule has 0 aliphatic heterocycles. The van der Waals surface area contributed by atoms with Gasteiger partial charge in [0.15, 0.2) is 0 Å². The fourth-order valence-corrected chi connectivity index (χ4v) is 3.50. The van der Waals surface area contributed by atoms with E-state index in [0.717, 1.165) is 0 Å². The van der Waals surface area contributed by atoms with Gasteiger partial charge in [-0.1, -0.05) is 0 Å². The van der Waals surface area contributed by atoms with E-state index in [0.29, 0.717) is 0 Å². The molecule has 0 saturated heterocycles. The molecule has 0 N–H and O–H groups in total. The van der Waals surface area contributed by atoms with Crippen molar-refractivity contribution in [2.45, 2.75) is 30.6 Å². The van der Waals surface area contributed by atoms with Gasteiger partial charge in [0, 0.05) is 0 Å². The molecule has 2 saturated carbocycles. The molecule has 0 aromatic carbocycles. The Morgan fingerprint density at radius 3 is 1.53 bits per heavy atom. The maximum Gasteiger partial charge on any atom is 0.478 e. The van der Waals surface area contributed by atoms with E-state index in [1.54, 1.807) is 0 Å². The molecule has 2 bridgehead atoms. The molecule has 0 amide bonds. The van der Waals surface area contributed by atoms with Crippen molar-refractivity contribution in [1.82, 2.24) is 0 Å². The first kappa shape index (κ1) is 13.0. The third kappa shape index (κ3) is 1.17. The third-order valence-electron chi connectivity index (χ3n) is 4.24. The Balaban J connectivity index is 2.65. The highest BCUT2D eigenvalue weighted by atomic mass is 16.7. The van der Waals surface area contributed by atoms with E-state index in [9.17, 15) is 40.5 Å². The number of nitrogens with zero attached hydrogens (tertiary/aromatic N) is 4. The van der Waals surface area contributed by atoms with Crippen LogP contribution in [0.2, 0.25) is 0 Å². The van der Waals surface area contributed by atoms with Crippen LogP contribution in [0.5, 0.6) is 0 Å². The largest absolute Gasteiger partial charge is 0.478 e. The lowest BCUT2D eigenvalue weighted by atomic mass is 9.89. The van der Waals surface area contributed by atoms with Gasteiger partial charge in [-0.05, 0) is 12.8 Å². The van der Waals surface area contributed by atoms with E-state index in [1.807, 2.05) is 0 Å². The average molecular weight is 276 g/mol. The maximum absolute atomic E-state index is 11.1. The standard InChI is InChI=1S/C7H8N4O8/c12-8(13)6(9(14)15)3-4-1-2-5(6)7(4,10(16)17)11(18)19/h4-5H,1-3H2. The summed E-state index contributed by atoms with van der Waals surface area (Å²) in [7, 11) is 0. The number of fused-ring (bicyclic) bond motifs is 2. The molecule has 12 nitrogen and oxygen atoms in total. The van der Waals surface area contributed by atoms with Crippen molar-refractivity contribution in [2.24, 2.45) is 11.8 Å². The van der Waals surface area contributed by atoms with Gasteiger partial charge in [0.1, 0.15) is 12.3 Å². The van der Waals surface area contributed by atoms with Gasteiger partial charge in [-0.2, -0.15) is 0 Å². The topological polar surface area (TPSA) is 173 Å². The molecular formula is C7H8N4O8. The van der Waals surface area contributed by atoms with E-state index in [-0.39, 0.29) is 12.8 Å². The molecule has 0 heterocycles. The Bertz CT molecular complexity index is 475. The summed E-state index contributed by atoms with van der Waals surface area (Å²) in [5.41, 5.74) is -5.65. The SMILES string of the molecule is O=[N+]([O-])C1([N+](=O)[O-])CC2CCC1C2([N+](=O)[O-])[N+](=O)[O-]. The first-order chi connectivity index (χ1) is 8.72. The molecule has 2 aliphatic rings. The molecule has 0 aromatic rings. The maximum atomic E-state index is 11.1. The first-order valence-electron chi connectivity index (χ1n) is 5.30. The Morgan fingerprint density at radius 1 is 0.789 bits per heavy atom. The summed E-state index contributed by atoms with van der Waals surface area (Å²) in [4.78, 5) is 39.3. The highest BCUT2D eigenvalue weighted by Gasteiger charge is 2.92. The number of nitro groups is 4. The van der Waals surface area contributed by atoms with E-state index >= 15 is 0 Å². The molecule has 2 atom stereocenters. The highest BCUT2D eigenvalue weighted by Crippen LogP contribution is 2.59. The van der Waals surface area contributed by atoms with Crippen molar-refractivity contribution in [2.75, 3.05) is 0 Å². The van der Waals surface area contributed by atoms with E-state index in [4.69, 9.17) is 0 Å². The smallest absolute Gasteiger partial charge is 0.258 e. The van der Waals surface area contributed by atoms with E-state index < -0.39 is 49.3 Å². The molecule has 0 spiro atoms. The van der Waals surface area contributed by atoms with Gasteiger partial charge in [0.05, 0.1) is 19.7 Å². The van der Waals surface area contributed by atoms with Gasteiger partial charge in [-0.25, -0.2) is 0 Å². The molecule has 2 fully saturated rings. The lowest BCUT2D eigenvalue weighted by Crippen LogP contribution is -2.58. The van der Waals surface area contributed by atoms with E-state index in [1.165, 1.54) is 0 Å². The van der Waals surface area contributed by atoms with Crippen LogP contribution >= 0.6 is 0 Å².